The smallest absolute Gasteiger partial charge is 0.184 e. The van der Waals surface area contributed by atoms with Gasteiger partial charge in [0.1, 0.15) is 5.02 Å². The van der Waals surface area contributed by atoms with Gasteiger partial charge < -0.3 is 5.73 Å². The van der Waals surface area contributed by atoms with Gasteiger partial charge in [-0.2, -0.15) is 0 Å². The minimum atomic E-state index is -1.48. The molecule has 0 bridgehead atoms. The van der Waals surface area contributed by atoms with Crippen LogP contribution in [0.25, 0.3) is 0 Å². The van der Waals surface area contributed by atoms with E-state index in [9.17, 15) is 13.2 Å². The number of rotatable bonds is 0. The van der Waals surface area contributed by atoms with Crippen molar-refractivity contribution in [2.75, 3.05) is 5.73 Å². The van der Waals surface area contributed by atoms with Crippen molar-refractivity contribution in [1.82, 2.24) is 0 Å². The Balaban J connectivity index is 3.60. The maximum absolute atomic E-state index is 12.8. The Morgan fingerprint density at radius 2 is 1.58 bits per heavy atom. The molecule has 0 aliphatic rings. The molecule has 0 spiro atoms. The lowest BCUT2D eigenvalue weighted by Crippen LogP contribution is -2.00. The van der Waals surface area contributed by atoms with Gasteiger partial charge in [0.2, 0.25) is 0 Å². The van der Waals surface area contributed by atoms with Gasteiger partial charge in [-0.1, -0.05) is 11.6 Å². The Morgan fingerprint density at radius 3 is 2.08 bits per heavy atom. The van der Waals surface area contributed by atoms with Gasteiger partial charge in [0, 0.05) is 0 Å². The molecule has 0 aliphatic heterocycles. The molecular formula is C6H2BrClF3N. The van der Waals surface area contributed by atoms with Crippen molar-refractivity contribution < 1.29 is 13.2 Å². The first kappa shape index (κ1) is 9.67. The first-order valence-electron chi connectivity index (χ1n) is 2.73. The SMILES string of the molecule is Nc1c(F)c(F)c(Cl)c(F)c1Br. The van der Waals surface area contributed by atoms with E-state index < -0.39 is 28.2 Å². The molecule has 0 unspecified atom stereocenters. The molecule has 0 atom stereocenters. The maximum Gasteiger partial charge on any atom is 0.184 e. The van der Waals surface area contributed by atoms with Crippen molar-refractivity contribution in [2.24, 2.45) is 0 Å². The quantitative estimate of drug-likeness (QED) is 0.433. The summed E-state index contributed by atoms with van der Waals surface area (Å²) in [7, 11) is 0. The van der Waals surface area contributed by atoms with E-state index in [0.717, 1.165) is 0 Å². The van der Waals surface area contributed by atoms with Crippen LogP contribution >= 0.6 is 27.5 Å². The lowest BCUT2D eigenvalue weighted by molar-refractivity contribution is 0.497. The minimum absolute atomic E-state index is 0.369. The Bertz CT molecular complexity index is 237. The number of nitrogen functional groups attached to an aromatic ring is 1. The summed E-state index contributed by atoms with van der Waals surface area (Å²) in [5, 5.41) is -0.909. The molecule has 0 amide bonds. The summed E-state index contributed by atoms with van der Waals surface area (Å²) in [6.45, 7) is 0. The number of benzene rings is 1. The Hall–Kier alpha value is -0.420. The van der Waals surface area contributed by atoms with Crippen molar-refractivity contribution in [3.63, 3.8) is 0 Å². The molecule has 2 N–H and O–H groups in total. The molecular weight excluding hydrogens is 258 g/mol. The van der Waals surface area contributed by atoms with Crippen LogP contribution in [0.15, 0.2) is 4.47 Å². The normalized spacial score (nSPS) is 10.4. The summed E-state index contributed by atoms with van der Waals surface area (Å²) in [5.41, 5.74) is 4.36. The fraction of sp³-hybridized carbons (Fsp3) is 0. The van der Waals surface area contributed by atoms with E-state index in [1.54, 1.807) is 0 Å². The molecule has 0 aliphatic carbocycles. The highest BCUT2D eigenvalue weighted by atomic mass is 79.9. The first-order chi connectivity index (χ1) is 5.46. The molecule has 1 aromatic carbocycles. The largest absolute Gasteiger partial charge is 0.395 e. The average molecular weight is 260 g/mol. The zero-order valence-corrected chi connectivity index (χ0v) is 7.81. The lowest BCUT2D eigenvalue weighted by Gasteiger charge is -2.04. The van der Waals surface area contributed by atoms with Gasteiger partial charge in [0.05, 0.1) is 10.2 Å². The van der Waals surface area contributed by atoms with Gasteiger partial charge >= 0.3 is 0 Å². The van der Waals surface area contributed by atoms with Crippen LogP contribution in [0, 0.1) is 17.5 Å². The predicted molar refractivity (Wildman–Crippen MR) is 43.4 cm³/mol. The lowest BCUT2D eigenvalue weighted by atomic mass is 10.3. The van der Waals surface area contributed by atoms with Crippen LogP contribution in [-0.4, -0.2) is 0 Å². The zero-order chi connectivity index (χ0) is 9.46. The summed E-state index contributed by atoms with van der Waals surface area (Å²) in [4.78, 5) is 0. The highest BCUT2D eigenvalue weighted by Crippen LogP contribution is 2.33. The van der Waals surface area contributed by atoms with Crippen molar-refractivity contribution in [3.8, 4) is 0 Å². The van der Waals surface area contributed by atoms with Gasteiger partial charge in [-0.3, -0.25) is 0 Å². The molecule has 6 heteroatoms. The second-order valence-corrected chi connectivity index (χ2v) is 3.15. The summed E-state index contributed by atoms with van der Waals surface area (Å²) >= 11 is 7.71. The van der Waals surface area contributed by atoms with E-state index in [-0.39, 0.29) is 4.47 Å². The highest BCUT2D eigenvalue weighted by molar-refractivity contribution is 9.10. The topological polar surface area (TPSA) is 26.0 Å². The molecule has 1 aromatic rings. The van der Waals surface area contributed by atoms with Gasteiger partial charge in [-0.25, -0.2) is 13.2 Å². The van der Waals surface area contributed by atoms with E-state index in [4.69, 9.17) is 17.3 Å². The summed E-state index contributed by atoms with van der Waals surface area (Å²) in [6, 6.07) is 0. The molecule has 0 aromatic heterocycles. The van der Waals surface area contributed by atoms with Crippen LogP contribution < -0.4 is 5.73 Å². The third kappa shape index (κ3) is 1.27. The van der Waals surface area contributed by atoms with E-state index in [1.807, 2.05) is 0 Å². The Labute approximate surface area is 79.4 Å². The van der Waals surface area contributed by atoms with Crippen LogP contribution in [0.5, 0.6) is 0 Å². The second-order valence-electron chi connectivity index (χ2n) is 1.98. The van der Waals surface area contributed by atoms with Crippen LogP contribution in [0.3, 0.4) is 0 Å². The van der Waals surface area contributed by atoms with Crippen LogP contribution in [0.1, 0.15) is 0 Å². The van der Waals surface area contributed by atoms with Crippen LogP contribution in [-0.2, 0) is 0 Å². The van der Waals surface area contributed by atoms with Crippen molar-refractivity contribution in [2.45, 2.75) is 0 Å². The molecule has 12 heavy (non-hydrogen) atoms. The van der Waals surface area contributed by atoms with Crippen molar-refractivity contribution in [3.05, 3.63) is 26.9 Å². The van der Waals surface area contributed by atoms with Gasteiger partial charge in [-0.15, -0.1) is 0 Å². The fourth-order valence-electron chi connectivity index (χ4n) is 0.622. The standard InChI is InChI=1S/C6H2BrClF3N/c7-1-3(9)2(8)4(10)5(11)6(1)12/h12H2. The average Bonchev–Trinajstić information content (AvgIpc) is 2.08. The molecule has 1 rings (SSSR count). The molecule has 0 saturated carbocycles. The second kappa shape index (κ2) is 3.14. The van der Waals surface area contributed by atoms with E-state index >= 15 is 0 Å². The van der Waals surface area contributed by atoms with E-state index in [2.05, 4.69) is 15.9 Å². The molecule has 0 radical (unpaired) electrons. The molecule has 0 heterocycles. The molecule has 0 saturated heterocycles. The number of hydrogen-bond acceptors (Lipinski definition) is 1. The monoisotopic (exact) mass is 259 g/mol. The summed E-state index contributed by atoms with van der Waals surface area (Å²) < 4.78 is 37.6. The third-order valence-corrected chi connectivity index (χ3v) is 2.35. The van der Waals surface area contributed by atoms with Crippen molar-refractivity contribution in [1.29, 1.82) is 0 Å². The third-order valence-electron chi connectivity index (χ3n) is 1.24. The number of anilines is 1. The molecule has 0 fully saturated rings. The summed E-state index contributed by atoms with van der Waals surface area (Å²) in [6.07, 6.45) is 0. The Morgan fingerprint density at radius 1 is 1.08 bits per heavy atom. The zero-order valence-electron chi connectivity index (χ0n) is 5.47. The molecule has 1 nitrogen and oxygen atoms in total. The van der Waals surface area contributed by atoms with E-state index in [1.165, 1.54) is 0 Å². The number of nitrogens with two attached hydrogens (primary N) is 1. The van der Waals surface area contributed by atoms with Crippen LogP contribution in [0.4, 0.5) is 18.9 Å². The van der Waals surface area contributed by atoms with Crippen molar-refractivity contribution >= 4 is 33.2 Å². The number of hydrogen-bond donors (Lipinski definition) is 1. The van der Waals surface area contributed by atoms with E-state index in [0.29, 0.717) is 0 Å². The minimum Gasteiger partial charge on any atom is -0.395 e. The maximum atomic E-state index is 12.8. The number of halogens is 5. The first-order valence-corrected chi connectivity index (χ1v) is 3.90. The van der Waals surface area contributed by atoms with Gasteiger partial charge in [-0.05, 0) is 15.9 Å². The Kier molecular flexibility index (Phi) is 2.53. The fourth-order valence-corrected chi connectivity index (χ4v) is 1.29. The van der Waals surface area contributed by atoms with Gasteiger partial charge in [0.25, 0.3) is 0 Å². The molecule has 66 valence electrons. The van der Waals surface area contributed by atoms with Crippen LogP contribution in [0.2, 0.25) is 5.02 Å². The predicted octanol–water partition coefficient (Wildman–Crippen LogP) is 3.10. The highest BCUT2D eigenvalue weighted by Gasteiger charge is 2.20. The summed E-state index contributed by atoms with van der Waals surface area (Å²) in [5.74, 6) is -3.93. The van der Waals surface area contributed by atoms with Gasteiger partial charge in [0.15, 0.2) is 17.5 Å².